The summed E-state index contributed by atoms with van der Waals surface area (Å²) in [6.07, 6.45) is 2.58. The molecule has 0 radical (unpaired) electrons. The summed E-state index contributed by atoms with van der Waals surface area (Å²) in [5.74, 6) is 0.596. The smallest absolute Gasteiger partial charge is 0.224 e. The van der Waals surface area contributed by atoms with Crippen LogP contribution in [0.1, 0.15) is 27.2 Å². The van der Waals surface area contributed by atoms with Gasteiger partial charge in [-0.25, -0.2) is 4.98 Å². The van der Waals surface area contributed by atoms with E-state index in [9.17, 15) is 0 Å². The maximum absolute atomic E-state index is 5.92. The molecule has 1 aromatic rings. The van der Waals surface area contributed by atoms with Gasteiger partial charge in [-0.3, -0.25) is 0 Å². The normalized spacial score (nSPS) is 11.5. The lowest BCUT2D eigenvalue weighted by Crippen LogP contribution is -2.22. The Morgan fingerprint density at radius 2 is 2.07 bits per heavy atom. The number of nitrogens with zero attached hydrogens (tertiary/aromatic N) is 2. The molecule has 0 atom stereocenters. The van der Waals surface area contributed by atoms with Crippen molar-refractivity contribution < 1.29 is 0 Å². The fourth-order valence-electron chi connectivity index (χ4n) is 0.918. The highest BCUT2D eigenvalue weighted by Crippen LogP contribution is 2.23. The maximum Gasteiger partial charge on any atom is 0.224 e. The second-order valence-corrected chi connectivity index (χ2v) is 4.95. The van der Waals surface area contributed by atoms with E-state index in [1.54, 1.807) is 0 Å². The summed E-state index contributed by atoms with van der Waals surface area (Å²) in [4.78, 5) is 7.81. The Labute approximate surface area is 100 Å². The molecular formula is C10H15Cl2N3. The fraction of sp³-hybridized carbons (Fsp3) is 0.600. The second kappa shape index (κ2) is 4.99. The van der Waals surface area contributed by atoms with E-state index in [4.69, 9.17) is 23.2 Å². The Bertz CT molecular complexity index is 339. The van der Waals surface area contributed by atoms with Crippen LogP contribution in [0, 0.1) is 5.41 Å². The molecular weight excluding hydrogens is 233 g/mol. The number of hydrogen-bond acceptors (Lipinski definition) is 3. The number of nitrogens with one attached hydrogen (secondary N) is 1. The molecule has 15 heavy (non-hydrogen) atoms. The van der Waals surface area contributed by atoms with E-state index in [-0.39, 0.29) is 10.7 Å². The summed E-state index contributed by atoms with van der Waals surface area (Å²) >= 11 is 11.6. The monoisotopic (exact) mass is 247 g/mol. The molecule has 5 heteroatoms. The Balaban J connectivity index is 2.69. The zero-order chi connectivity index (χ0) is 11.5. The molecule has 1 aromatic heterocycles. The zero-order valence-corrected chi connectivity index (χ0v) is 10.7. The molecule has 0 fully saturated rings. The molecule has 0 amide bonds. The third-order valence-electron chi connectivity index (χ3n) is 2.41. The summed E-state index contributed by atoms with van der Waals surface area (Å²) in [6.45, 7) is 7.31. The van der Waals surface area contributed by atoms with E-state index >= 15 is 0 Å². The van der Waals surface area contributed by atoms with E-state index in [2.05, 4.69) is 36.1 Å². The van der Waals surface area contributed by atoms with E-state index in [1.165, 1.54) is 6.20 Å². The molecule has 0 unspecified atom stereocenters. The van der Waals surface area contributed by atoms with Crippen molar-refractivity contribution in [2.75, 3.05) is 11.9 Å². The SMILES string of the molecule is CCC(C)(C)CNc1nc(Cl)ncc1Cl. The predicted molar refractivity (Wildman–Crippen MR) is 64.6 cm³/mol. The van der Waals surface area contributed by atoms with Crippen LogP contribution < -0.4 is 5.32 Å². The number of hydrogen-bond donors (Lipinski definition) is 1. The molecule has 3 nitrogen and oxygen atoms in total. The molecule has 0 saturated heterocycles. The first-order chi connectivity index (χ1) is 6.94. The number of aromatic nitrogens is 2. The van der Waals surface area contributed by atoms with Gasteiger partial charge in [0.25, 0.3) is 0 Å². The molecule has 84 valence electrons. The van der Waals surface area contributed by atoms with E-state index < -0.39 is 0 Å². The topological polar surface area (TPSA) is 37.8 Å². The lowest BCUT2D eigenvalue weighted by atomic mass is 9.90. The first kappa shape index (κ1) is 12.5. The molecule has 0 aliphatic carbocycles. The van der Waals surface area contributed by atoms with Crippen LogP contribution in [0.25, 0.3) is 0 Å². The highest BCUT2D eigenvalue weighted by atomic mass is 35.5. The van der Waals surface area contributed by atoms with Crippen molar-refractivity contribution in [2.45, 2.75) is 27.2 Å². The third-order valence-corrected chi connectivity index (χ3v) is 2.86. The third kappa shape index (κ3) is 3.84. The van der Waals surface area contributed by atoms with Gasteiger partial charge in [-0.1, -0.05) is 32.4 Å². The Morgan fingerprint density at radius 3 is 2.67 bits per heavy atom. The zero-order valence-electron chi connectivity index (χ0n) is 9.14. The van der Waals surface area contributed by atoms with Crippen molar-refractivity contribution in [1.29, 1.82) is 0 Å². The van der Waals surface area contributed by atoms with Gasteiger partial charge in [0.05, 0.1) is 6.20 Å². The van der Waals surface area contributed by atoms with Crippen LogP contribution >= 0.6 is 23.2 Å². The second-order valence-electron chi connectivity index (χ2n) is 4.21. The van der Waals surface area contributed by atoms with E-state index in [0.29, 0.717) is 10.8 Å². The molecule has 0 bridgehead atoms. The summed E-state index contributed by atoms with van der Waals surface area (Å²) < 4.78 is 0. The van der Waals surface area contributed by atoms with Crippen LogP contribution in [0.3, 0.4) is 0 Å². The molecule has 0 spiro atoms. The van der Waals surface area contributed by atoms with Gasteiger partial charge in [0, 0.05) is 6.54 Å². The standard InChI is InChI=1S/C10H15Cl2N3/c1-4-10(2,3)6-14-8-7(11)5-13-9(12)15-8/h5H,4,6H2,1-3H3,(H,13,14,15). The largest absolute Gasteiger partial charge is 0.368 e. The lowest BCUT2D eigenvalue weighted by molar-refractivity contribution is 0.376. The lowest BCUT2D eigenvalue weighted by Gasteiger charge is -2.23. The summed E-state index contributed by atoms with van der Waals surface area (Å²) in [5, 5.41) is 3.87. The average Bonchev–Trinajstić information content (AvgIpc) is 2.20. The molecule has 0 aromatic carbocycles. The van der Waals surface area contributed by atoms with Gasteiger partial charge < -0.3 is 5.32 Å². The molecule has 1 rings (SSSR count). The minimum absolute atomic E-state index is 0.205. The van der Waals surface area contributed by atoms with Crippen molar-refractivity contribution in [3.05, 3.63) is 16.5 Å². The fourth-order valence-corrected chi connectivity index (χ4v) is 1.21. The summed E-state index contributed by atoms with van der Waals surface area (Å²) in [6, 6.07) is 0. The van der Waals surface area contributed by atoms with E-state index in [0.717, 1.165) is 13.0 Å². The van der Waals surface area contributed by atoms with Gasteiger partial charge >= 0.3 is 0 Å². The van der Waals surface area contributed by atoms with Gasteiger partial charge in [-0.15, -0.1) is 0 Å². The van der Waals surface area contributed by atoms with Crippen molar-refractivity contribution in [3.8, 4) is 0 Å². The van der Waals surface area contributed by atoms with Crippen LogP contribution in [-0.2, 0) is 0 Å². The maximum atomic E-state index is 5.92. The van der Waals surface area contributed by atoms with Crippen LogP contribution in [-0.4, -0.2) is 16.5 Å². The molecule has 0 aliphatic rings. The number of rotatable bonds is 4. The van der Waals surface area contributed by atoms with Gasteiger partial charge in [0.2, 0.25) is 5.28 Å². The van der Waals surface area contributed by atoms with Crippen LogP contribution in [0.5, 0.6) is 0 Å². The van der Waals surface area contributed by atoms with Crippen LogP contribution in [0.2, 0.25) is 10.3 Å². The highest BCUT2D eigenvalue weighted by molar-refractivity contribution is 6.33. The van der Waals surface area contributed by atoms with Crippen molar-refractivity contribution in [2.24, 2.45) is 5.41 Å². The van der Waals surface area contributed by atoms with Crippen molar-refractivity contribution in [3.63, 3.8) is 0 Å². The Morgan fingerprint density at radius 1 is 1.40 bits per heavy atom. The van der Waals surface area contributed by atoms with Crippen molar-refractivity contribution in [1.82, 2.24) is 9.97 Å². The van der Waals surface area contributed by atoms with Gasteiger partial charge in [0.15, 0.2) is 0 Å². The molecule has 1 N–H and O–H groups in total. The minimum atomic E-state index is 0.205. The van der Waals surface area contributed by atoms with Gasteiger partial charge in [-0.2, -0.15) is 4.98 Å². The number of halogens is 2. The van der Waals surface area contributed by atoms with Crippen LogP contribution in [0.15, 0.2) is 6.20 Å². The minimum Gasteiger partial charge on any atom is -0.368 e. The Kier molecular flexibility index (Phi) is 4.17. The average molecular weight is 248 g/mol. The summed E-state index contributed by atoms with van der Waals surface area (Å²) in [7, 11) is 0. The Hall–Kier alpha value is -0.540. The molecule has 0 saturated carbocycles. The van der Waals surface area contributed by atoms with Crippen LogP contribution in [0.4, 0.5) is 5.82 Å². The number of anilines is 1. The predicted octanol–water partition coefficient (Wildman–Crippen LogP) is 3.63. The van der Waals surface area contributed by atoms with Crippen molar-refractivity contribution >= 4 is 29.0 Å². The quantitative estimate of drug-likeness (QED) is 0.826. The first-order valence-electron chi connectivity index (χ1n) is 4.86. The summed E-state index contributed by atoms with van der Waals surface area (Å²) in [5.41, 5.74) is 0.209. The van der Waals surface area contributed by atoms with E-state index in [1.807, 2.05) is 0 Å². The highest BCUT2D eigenvalue weighted by Gasteiger charge is 2.15. The molecule has 1 heterocycles. The first-order valence-corrected chi connectivity index (χ1v) is 5.62. The van der Waals surface area contributed by atoms with Gasteiger partial charge in [-0.05, 0) is 23.4 Å². The van der Waals surface area contributed by atoms with Gasteiger partial charge in [0.1, 0.15) is 10.8 Å². The molecule has 0 aliphatic heterocycles.